The molecule has 2 heteroatoms. The largest absolute Gasteiger partial charge is 0.301 e. The average Bonchev–Trinajstić information content (AvgIpc) is 2.01. The quantitative estimate of drug-likeness (QED) is 0.748. The van der Waals surface area contributed by atoms with Gasteiger partial charge < -0.3 is 4.90 Å². The van der Waals surface area contributed by atoms with Crippen LogP contribution >= 0.6 is 15.9 Å². The fourth-order valence-corrected chi connectivity index (χ4v) is 2.11. The summed E-state index contributed by atoms with van der Waals surface area (Å²) in [6, 6.07) is 8.68. The Kier molecular flexibility index (Phi) is 4.63. The van der Waals surface area contributed by atoms with Gasteiger partial charge in [-0.1, -0.05) is 52.7 Å². The second-order valence-electron chi connectivity index (χ2n) is 3.97. The lowest BCUT2D eigenvalue weighted by atomic mass is 10.1. The number of hydrogen-bond acceptors (Lipinski definition) is 1. The molecule has 14 heavy (non-hydrogen) atoms. The molecule has 0 aliphatic rings. The maximum atomic E-state index is 3.56. The van der Waals surface area contributed by atoms with Crippen LogP contribution in [0.25, 0.3) is 0 Å². The number of benzene rings is 1. The van der Waals surface area contributed by atoms with E-state index in [4.69, 9.17) is 0 Å². The first-order valence-corrected chi connectivity index (χ1v) is 5.87. The van der Waals surface area contributed by atoms with Crippen molar-refractivity contribution in [1.29, 1.82) is 0 Å². The summed E-state index contributed by atoms with van der Waals surface area (Å²) in [5.41, 5.74) is 2.73. The number of alkyl halides is 1. The van der Waals surface area contributed by atoms with Gasteiger partial charge in [0.05, 0.1) is 0 Å². The highest BCUT2D eigenvalue weighted by Gasteiger charge is 2.03. The second kappa shape index (κ2) is 5.52. The predicted molar refractivity (Wildman–Crippen MR) is 65.9 cm³/mol. The van der Waals surface area contributed by atoms with Gasteiger partial charge >= 0.3 is 0 Å². The minimum absolute atomic E-state index is 0.553. The van der Waals surface area contributed by atoms with Gasteiger partial charge in [0.2, 0.25) is 0 Å². The Hall–Kier alpha value is -0.340. The lowest BCUT2D eigenvalue weighted by Crippen LogP contribution is -2.23. The second-order valence-corrected chi connectivity index (χ2v) is 5.53. The standard InChI is InChI=1S/C12H18BrN/c1-10-5-4-6-12(7-10)9-14(3)8-11(2)13/h4-7,11H,8-9H2,1-3H3. The molecule has 0 spiro atoms. The van der Waals surface area contributed by atoms with Gasteiger partial charge in [0.15, 0.2) is 0 Å². The molecule has 0 bridgehead atoms. The highest BCUT2D eigenvalue weighted by Crippen LogP contribution is 2.08. The van der Waals surface area contributed by atoms with Crippen molar-refractivity contribution in [3.05, 3.63) is 35.4 Å². The minimum Gasteiger partial charge on any atom is -0.301 e. The first-order chi connectivity index (χ1) is 6.58. The van der Waals surface area contributed by atoms with Crippen molar-refractivity contribution in [3.63, 3.8) is 0 Å². The summed E-state index contributed by atoms with van der Waals surface area (Å²) >= 11 is 3.56. The molecule has 0 radical (unpaired) electrons. The topological polar surface area (TPSA) is 3.24 Å². The molecule has 0 saturated carbocycles. The van der Waals surface area contributed by atoms with Crippen LogP contribution in [0, 0.1) is 6.92 Å². The molecule has 1 aromatic carbocycles. The molecule has 0 fully saturated rings. The van der Waals surface area contributed by atoms with E-state index in [2.05, 4.69) is 66.0 Å². The van der Waals surface area contributed by atoms with Gasteiger partial charge in [0.25, 0.3) is 0 Å². The molecule has 0 aliphatic carbocycles. The van der Waals surface area contributed by atoms with E-state index in [1.165, 1.54) is 11.1 Å². The van der Waals surface area contributed by atoms with E-state index < -0.39 is 0 Å². The molecule has 0 aliphatic heterocycles. The lowest BCUT2D eigenvalue weighted by Gasteiger charge is -2.18. The third-order valence-corrected chi connectivity index (χ3v) is 2.39. The fraction of sp³-hybridized carbons (Fsp3) is 0.500. The maximum absolute atomic E-state index is 3.56. The molecule has 0 heterocycles. The van der Waals surface area contributed by atoms with Crippen molar-refractivity contribution in [2.75, 3.05) is 13.6 Å². The van der Waals surface area contributed by atoms with Gasteiger partial charge in [-0.2, -0.15) is 0 Å². The molecule has 0 amide bonds. The summed E-state index contributed by atoms with van der Waals surface area (Å²) < 4.78 is 0. The number of rotatable bonds is 4. The van der Waals surface area contributed by atoms with Gasteiger partial charge in [-0.15, -0.1) is 0 Å². The maximum Gasteiger partial charge on any atom is 0.0244 e. The summed E-state index contributed by atoms with van der Waals surface area (Å²) in [7, 11) is 2.15. The Morgan fingerprint density at radius 1 is 1.43 bits per heavy atom. The Balaban J connectivity index is 2.51. The molecular weight excluding hydrogens is 238 g/mol. The highest BCUT2D eigenvalue weighted by atomic mass is 79.9. The fourth-order valence-electron chi connectivity index (χ4n) is 1.62. The van der Waals surface area contributed by atoms with E-state index in [-0.39, 0.29) is 0 Å². The van der Waals surface area contributed by atoms with E-state index >= 15 is 0 Å². The zero-order valence-electron chi connectivity index (χ0n) is 9.13. The third kappa shape index (κ3) is 4.25. The molecule has 1 aromatic rings. The molecular formula is C12H18BrN. The van der Waals surface area contributed by atoms with Crippen LogP contribution < -0.4 is 0 Å². The summed E-state index contributed by atoms with van der Waals surface area (Å²) in [6.07, 6.45) is 0. The smallest absolute Gasteiger partial charge is 0.0244 e. The molecule has 1 unspecified atom stereocenters. The average molecular weight is 256 g/mol. The summed E-state index contributed by atoms with van der Waals surface area (Å²) in [4.78, 5) is 2.88. The van der Waals surface area contributed by atoms with Crippen LogP contribution in [0.2, 0.25) is 0 Å². The first kappa shape index (κ1) is 11.7. The van der Waals surface area contributed by atoms with Gasteiger partial charge in [-0.3, -0.25) is 0 Å². The van der Waals surface area contributed by atoms with Crippen LogP contribution in [0.4, 0.5) is 0 Å². The summed E-state index contributed by atoms with van der Waals surface area (Å²) in [5.74, 6) is 0. The number of nitrogens with zero attached hydrogens (tertiary/aromatic N) is 1. The van der Waals surface area contributed by atoms with Crippen molar-refractivity contribution in [2.45, 2.75) is 25.2 Å². The van der Waals surface area contributed by atoms with Crippen molar-refractivity contribution >= 4 is 15.9 Å². The molecule has 1 nitrogen and oxygen atoms in total. The Bertz CT molecular complexity index is 283. The Labute approximate surface area is 95.2 Å². The molecule has 1 atom stereocenters. The van der Waals surface area contributed by atoms with Crippen LogP contribution in [0.15, 0.2) is 24.3 Å². The normalized spacial score (nSPS) is 13.2. The molecule has 0 N–H and O–H groups in total. The van der Waals surface area contributed by atoms with E-state index in [1.807, 2.05) is 0 Å². The predicted octanol–water partition coefficient (Wildman–Crippen LogP) is 3.21. The number of halogens is 1. The van der Waals surface area contributed by atoms with Crippen LogP contribution in [0.3, 0.4) is 0 Å². The highest BCUT2D eigenvalue weighted by molar-refractivity contribution is 9.09. The zero-order chi connectivity index (χ0) is 10.6. The summed E-state index contributed by atoms with van der Waals surface area (Å²) in [5, 5.41) is 0. The monoisotopic (exact) mass is 255 g/mol. The summed E-state index contributed by atoms with van der Waals surface area (Å²) in [6.45, 7) is 6.41. The van der Waals surface area contributed by atoms with E-state index in [0.717, 1.165) is 13.1 Å². The van der Waals surface area contributed by atoms with Crippen molar-refractivity contribution < 1.29 is 0 Å². The van der Waals surface area contributed by atoms with Crippen LogP contribution in [-0.2, 0) is 6.54 Å². The van der Waals surface area contributed by atoms with Crippen molar-refractivity contribution in [1.82, 2.24) is 4.90 Å². The Morgan fingerprint density at radius 3 is 2.71 bits per heavy atom. The van der Waals surface area contributed by atoms with Crippen LogP contribution in [-0.4, -0.2) is 23.3 Å². The van der Waals surface area contributed by atoms with Crippen LogP contribution in [0.5, 0.6) is 0 Å². The van der Waals surface area contributed by atoms with Crippen LogP contribution in [0.1, 0.15) is 18.1 Å². The van der Waals surface area contributed by atoms with E-state index in [1.54, 1.807) is 0 Å². The number of hydrogen-bond donors (Lipinski definition) is 0. The molecule has 0 saturated heterocycles. The SMILES string of the molecule is Cc1cccc(CN(C)CC(C)Br)c1. The number of aryl methyl sites for hydroxylation is 1. The molecule has 78 valence electrons. The van der Waals surface area contributed by atoms with E-state index in [0.29, 0.717) is 4.83 Å². The zero-order valence-corrected chi connectivity index (χ0v) is 10.7. The first-order valence-electron chi connectivity index (χ1n) is 4.96. The Morgan fingerprint density at radius 2 is 2.14 bits per heavy atom. The van der Waals surface area contributed by atoms with Crippen molar-refractivity contribution in [3.8, 4) is 0 Å². The molecule has 1 rings (SSSR count). The van der Waals surface area contributed by atoms with Gasteiger partial charge in [0.1, 0.15) is 0 Å². The lowest BCUT2D eigenvalue weighted by molar-refractivity contribution is 0.333. The van der Waals surface area contributed by atoms with Gasteiger partial charge in [-0.05, 0) is 19.5 Å². The minimum atomic E-state index is 0.553. The van der Waals surface area contributed by atoms with E-state index in [9.17, 15) is 0 Å². The molecule has 0 aromatic heterocycles. The van der Waals surface area contributed by atoms with Gasteiger partial charge in [0, 0.05) is 17.9 Å². The third-order valence-electron chi connectivity index (χ3n) is 2.10. The van der Waals surface area contributed by atoms with Gasteiger partial charge in [-0.25, -0.2) is 0 Å². The van der Waals surface area contributed by atoms with Crippen molar-refractivity contribution in [2.24, 2.45) is 0 Å².